The number of nitrogens with zero attached hydrogens (tertiary/aromatic N) is 2. The average Bonchev–Trinajstić information content (AvgIpc) is 2.90. The number of aryl methyl sites for hydroxylation is 2. The van der Waals surface area contributed by atoms with Gasteiger partial charge in [0.2, 0.25) is 0 Å². The number of carbonyl (C=O) groups is 1. The van der Waals surface area contributed by atoms with Gasteiger partial charge in [-0.15, -0.1) is 0 Å². The molecule has 0 unspecified atom stereocenters. The summed E-state index contributed by atoms with van der Waals surface area (Å²) in [5, 5.41) is 11.7. The molecule has 0 spiro atoms. The summed E-state index contributed by atoms with van der Waals surface area (Å²) >= 11 is 6.21. The Labute approximate surface area is 180 Å². The van der Waals surface area contributed by atoms with Crippen LogP contribution >= 0.6 is 11.6 Å². The molecule has 2 aromatic rings. The molecule has 4 rings (SSSR count). The first-order valence-electron chi connectivity index (χ1n) is 10.3. The largest absolute Gasteiger partial charge is 0.466 e. The van der Waals surface area contributed by atoms with E-state index in [4.69, 9.17) is 16.3 Å². The molecule has 0 radical (unpaired) electrons. The number of halogens is 1. The van der Waals surface area contributed by atoms with Crippen LogP contribution in [0.4, 0.5) is 5.69 Å². The fourth-order valence-electron chi connectivity index (χ4n) is 4.51. The maximum Gasteiger partial charge on any atom is 0.308 e. The molecule has 0 aliphatic heterocycles. The van der Waals surface area contributed by atoms with Gasteiger partial charge in [0, 0.05) is 17.8 Å². The van der Waals surface area contributed by atoms with Crippen LogP contribution in [-0.2, 0) is 22.4 Å². The molecule has 0 N–H and O–H groups in total. The summed E-state index contributed by atoms with van der Waals surface area (Å²) in [6.07, 6.45) is 6.21. The summed E-state index contributed by atoms with van der Waals surface area (Å²) in [6.45, 7) is 2.20. The first kappa shape index (κ1) is 20.5. The van der Waals surface area contributed by atoms with E-state index in [1.54, 1.807) is 18.3 Å². The molecule has 2 aliphatic rings. The number of benzene rings is 1. The van der Waals surface area contributed by atoms with Gasteiger partial charge >= 0.3 is 5.97 Å². The Kier molecular flexibility index (Phi) is 5.86. The zero-order chi connectivity index (χ0) is 21.3. The van der Waals surface area contributed by atoms with Gasteiger partial charge in [0.15, 0.2) is 0 Å². The molecule has 0 bridgehead atoms. The second-order valence-electron chi connectivity index (χ2n) is 7.73. The third kappa shape index (κ3) is 3.84. The van der Waals surface area contributed by atoms with E-state index >= 15 is 0 Å². The van der Waals surface area contributed by atoms with E-state index in [0.29, 0.717) is 19.4 Å². The zero-order valence-electron chi connectivity index (χ0n) is 16.8. The molecule has 1 heterocycles. The number of hydrogen-bond acceptors (Lipinski definition) is 5. The molecule has 2 aliphatic carbocycles. The van der Waals surface area contributed by atoms with Crippen LogP contribution in [0.2, 0.25) is 5.02 Å². The van der Waals surface area contributed by atoms with Gasteiger partial charge in [-0.1, -0.05) is 23.2 Å². The maximum atomic E-state index is 12.1. The van der Waals surface area contributed by atoms with Gasteiger partial charge in [-0.05, 0) is 74.3 Å². The number of aromatic nitrogens is 1. The van der Waals surface area contributed by atoms with Crippen LogP contribution in [0.3, 0.4) is 0 Å². The van der Waals surface area contributed by atoms with E-state index in [1.165, 1.54) is 5.57 Å². The van der Waals surface area contributed by atoms with Crippen LogP contribution in [-0.4, -0.2) is 22.5 Å². The molecule has 1 aromatic carbocycles. The fraction of sp³-hybridized carbons (Fsp3) is 0.391. The number of ether oxygens (including phenoxy) is 1. The average molecular weight is 427 g/mol. The number of rotatable bonds is 3. The van der Waals surface area contributed by atoms with Crippen molar-refractivity contribution in [3.05, 3.63) is 73.6 Å². The highest BCUT2D eigenvalue weighted by Crippen LogP contribution is 2.43. The van der Waals surface area contributed by atoms with E-state index in [9.17, 15) is 14.9 Å². The molecule has 156 valence electrons. The van der Waals surface area contributed by atoms with Gasteiger partial charge in [-0.25, -0.2) is 0 Å². The number of fused-ring (bicyclic) bond motifs is 2. The van der Waals surface area contributed by atoms with Crippen LogP contribution < -0.4 is 0 Å². The molecule has 0 amide bonds. The topological polar surface area (TPSA) is 82.3 Å². The van der Waals surface area contributed by atoms with Crippen molar-refractivity contribution in [1.82, 2.24) is 4.98 Å². The third-order valence-corrected chi connectivity index (χ3v) is 6.30. The highest BCUT2D eigenvalue weighted by atomic mass is 35.5. The number of hydrogen-bond donors (Lipinski definition) is 0. The summed E-state index contributed by atoms with van der Waals surface area (Å²) < 4.78 is 5.19. The Balaban J connectivity index is 1.83. The molecule has 1 aromatic heterocycles. The number of nitro benzene ring substituents is 1. The van der Waals surface area contributed by atoms with Crippen molar-refractivity contribution in [3.8, 4) is 0 Å². The lowest BCUT2D eigenvalue weighted by atomic mass is 9.80. The van der Waals surface area contributed by atoms with Crippen LogP contribution in [0.15, 0.2) is 36.0 Å². The van der Waals surface area contributed by atoms with Gasteiger partial charge in [0.05, 0.1) is 23.1 Å². The predicted octanol–water partition coefficient (Wildman–Crippen LogP) is 5.30. The number of esters is 1. The van der Waals surface area contributed by atoms with Crippen molar-refractivity contribution in [1.29, 1.82) is 0 Å². The van der Waals surface area contributed by atoms with Gasteiger partial charge in [0.25, 0.3) is 5.69 Å². The summed E-state index contributed by atoms with van der Waals surface area (Å²) in [7, 11) is 0. The van der Waals surface area contributed by atoms with Crippen molar-refractivity contribution in [2.24, 2.45) is 5.92 Å². The van der Waals surface area contributed by atoms with Gasteiger partial charge in [-0.3, -0.25) is 19.9 Å². The van der Waals surface area contributed by atoms with Crippen LogP contribution in [0.25, 0.3) is 5.57 Å². The molecular formula is C23H23ClN2O4. The van der Waals surface area contributed by atoms with Crippen LogP contribution in [0.5, 0.6) is 0 Å². The summed E-state index contributed by atoms with van der Waals surface area (Å²) in [4.78, 5) is 27.9. The minimum Gasteiger partial charge on any atom is -0.466 e. The molecule has 6 nitrogen and oxygen atoms in total. The summed E-state index contributed by atoms with van der Waals surface area (Å²) in [5.41, 5.74) is 5.93. The molecule has 7 heteroatoms. The van der Waals surface area contributed by atoms with Crippen LogP contribution in [0, 0.1) is 16.0 Å². The van der Waals surface area contributed by atoms with E-state index in [-0.39, 0.29) is 22.6 Å². The monoisotopic (exact) mass is 426 g/mol. The van der Waals surface area contributed by atoms with Crippen molar-refractivity contribution in [3.63, 3.8) is 0 Å². The highest BCUT2D eigenvalue weighted by molar-refractivity contribution is 6.32. The number of carbonyl (C=O) groups excluding carboxylic acids is 1. The second kappa shape index (κ2) is 8.56. The summed E-state index contributed by atoms with van der Waals surface area (Å²) in [5.74, 6) is -0.230. The third-order valence-electron chi connectivity index (χ3n) is 5.99. The first-order chi connectivity index (χ1) is 14.5. The Bertz CT molecular complexity index is 1040. The molecule has 1 saturated carbocycles. The van der Waals surface area contributed by atoms with Crippen molar-refractivity contribution >= 4 is 28.8 Å². The molecular weight excluding hydrogens is 404 g/mol. The number of pyridine rings is 1. The van der Waals surface area contributed by atoms with Crippen LogP contribution in [0.1, 0.15) is 55.0 Å². The normalized spacial score (nSPS) is 18.3. The zero-order valence-corrected chi connectivity index (χ0v) is 17.6. The van der Waals surface area contributed by atoms with Gasteiger partial charge in [-0.2, -0.15) is 0 Å². The predicted molar refractivity (Wildman–Crippen MR) is 114 cm³/mol. The quantitative estimate of drug-likeness (QED) is 0.378. The van der Waals surface area contributed by atoms with Crippen molar-refractivity contribution in [2.75, 3.05) is 6.61 Å². The lowest BCUT2D eigenvalue weighted by Crippen LogP contribution is -2.21. The lowest BCUT2D eigenvalue weighted by molar-refractivity contribution is -0.384. The minimum absolute atomic E-state index is 0.0897. The lowest BCUT2D eigenvalue weighted by Gasteiger charge is -2.25. The van der Waals surface area contributed by atoms with E-state index in [1.807, 2.05) is 13.0 Å². The standard InChI is InChI=1S/C23H23ClN2O4/c1-2-30-23(27)16-8-5-14(6-9-16)21-18-13-20(26(28)29)19(24)12-17(18)10-7-15-4-3-11-25-22(15)21/h3-4,11-13,16H,2,5-10H2,1H3. The molecule has 1 fully saturated rings. The van der Waals surface area contributed by atoms with Crippen molar-refractivity contribution < 1.29 is 14.5 Å². The molecule has 30 heavy (non-hydrogen) atoms. The SMILES string of the molecule is CCOC(=O)C1CCC(=C2c3cc([N+](=O)[O-])c(Cl)cc3CCc3cccnc32)CC1. The summed E-state index contributed by atoms with van der Waals surface area (Å²) in [6, 6.07) is 7.31. The second-order valence-corrected chi connectivity index (χ2v) is 8.14. The van der Waals surface area contributed by atoms with E-state index < -0.39 is 4.92 Å². The number of allylic oxidation sites excluding steroid dienone is 1. The fourth-order valence-corrected chi connectivity index (χ4v) is 4.77. The Morgan fingerprint density at radius 2 is 1.97 bits per heavy atom. The van der Waals surface area contributed by atoms with Gasteiger partial charge < -0.3 is 4.74 Å². The number of nitro groups is 1. The Morgan fingerprint density at radius 1 is 1.23 bits per heavy atom. The Hall–Kier alpha value is -2.73. The van der Waals surface area contributed by atoms with E-state index in [2.05, 4.69) is 11.1 Å². The Morgan fingerprint density at radius 3 is 2.67 bits per heavy atom. The molecule has 0 saturated heterocycles. The van der Waals surface area contributed by atoms with Gasteiger partial charge in [0.1, 0.15) is 5.02 Å². The maximum absolute atomic E-state index is 12.1. The molecule has 0 atom stereocenters. The minimum atomic E-state index is -0.438. The smallest absolute Gasteiger partial charge is 0.308 e. The first-order valence-corrected chi connectivity index (χ1v) is 10.7. The highest BCUT2D eigenvalue weighted by Gasteiger charge is 2.30. The van der Waals surface area contributed by atoms with E-state index in [0.717, 1.165) is 53.6 Å². The van der Waals surface area contributed by atoms with Crippen molar-refractivity contribution in [2.45, 2.75) is 45.4 Å².